The van der Waals surface area contributed by atoms with Crippen molar-refractivity contribution in [2.45, 2.75) is 18.8 Å². The number of hydrogen-bond acceptors (Lipinski definition) is 7. The van der Waals surface area contributed by atoms with Gasteiger partial charge in [-0.1, -0.05) is 22.0 Å². The summed E-state index contributed by atoms with van der Waals surface area (Å²) in [4.78, 5) is 37.7. The molecular formula is C19H18BrNO6S. The van der Waals surface area contributed by atoms with Crippen LogP contribution in [0.25, 0.3) is 0 Å². The molecule has 0 unspecified atom stereocenters. The maximum atomic E-state index is 12.4. The summed E-state index contributed by atoms with van der Waals surface area (Å²) in [5, 5.41) is 3.06. The molecule has 0 saturated heterocycles. The Kier molecular flexibility index (Phi) is 6.35. The van der Waals surface area contributed by atoms with Gasteiger partial charge in [-0.05, 0) is 36.6 Å². The lowest BCUT2D eigenvalue weighted by molar-refractivity contribution is -0.142. The third-order valence-corrected chi connectivity index (χ3v) is 6.00. The van der Waals surface area contributed by atoms with E-state index in [1.807, 2.05) is 6.07 Å². The van der Waals surface area contributed by atoms with Crippen LogP contribution in [0.4, 0.5) is 5.00 Å². The second kappa shape index (κ2) is 8.74. The zero-order valence-corrected chi connectivity index (χ0v) is 17.6. The first-order valence-electron chi connectivity index (χ1n) is 8.44. The Morgan fingerprint density at radius 3 is 2.71 bits per heavy atom. The Hall–Kier alpha value is -2.39. The monoisotopic (exact) mass is 467 g/mol. The van der Waals surface area contributed by atoms with Gasteiger partial charge in [0.05, 0.1) is 25.7 Å². The highest BCUT2D eigenvalue weighted by Crippen LogP contribution is 2.45. The number of rotatable bonds is 6. The van der Waals surface area contributed by atoms with Crippen molar-refractivity contribution in [3.8, 4) is 5.75 Å². The minimum atomic E-state index is -0.600. The fourth-order valence-corrected chi connectivity index (χ4v) is 4.76. The first-order chi connectivity index (χ1) is 13.4. The van der Waals surface area contributed by atoms with Crippen LogP contribution in [0.1, 0.15) is 33.1 Å². The molecule has 0 bridgehead atoms. The first-order valence-corrected chi connectivity index (χ1v) is 10.1. The topological polar surface area (TPSA) is 90.9 Å². The van der Waals surface area contributed by atoms with Crippen molar-refractivity contribution < 1.29 is 28.6 Å². The highest BCUT2D eigenvalue weighted by atomic mass is 79.9. The fraction of sp³-hybridized carbons (Fsp3) is 0.316. The van der Waals surface area contributed by atoms with Crippen molar-refractivity contribution in [2.24, 2.45) is 0 Å². The van der Waals surface area contributed by atoms with Crippen LogP contribution in [0, 0.1) is 0 Å². The molecule has 0 fully saturated rings. The van der Waals surface area contributed by atoms with Crippen molar-refractivity contribution in [3.05, 3.63) is 44.7 Å². The van der Waals surface area contributed by atoms with Crippen LogP contribution in [0.15, 0.2) is 28.7 Å². The second-order valence-electron chi connectivity index (χ2n) is 6.04. The van der Waals surface area contributed by atoms with Crippen molar-refractivity contribution in [1.29, 1.82) is 0 Å². The molecule has 1 N–H and O–H groups in total. The Bertz CT molecular complexity index is 925. The summed E-state index contributed by atoms with van der Waals surface area (Å²) in [5.74, 6) is -1.42. The van der Waals surface area contributed by atoms with E-state index in [1.54, 1.807) is 18.2 Å². The Labute approximate surface area is 174 Å². The average molecular weight is 468 g/mol. The molecule has 0 aliphatic heterocycles. The molecule has 7 nitrogen and oxygen atoms in total. The lowest BCUT2D eigenvalue weighted by Crippen LogP contribution is -2.22. The third-order valence-electron chi connectivity index (χ3n) is 4.32. The molecular weight excluding hydrogens is 450 g/mol. The maximum Gasteiger partial charge on any atom is 0.341 e. The van der Waals surface area contributed by atoms with E-state index in [9.17, 15) is 14.4 Å². The number of methoxy groups -OCH3 is 2. The Morgan fingerprint density at radius 2 is 2.04 bits per heavy atom. The van der Waals surface area contributed by atoms with E-state index in [0.29, 0.717) is 29.2 Å². The van der Waals surface area contributed by atoms with Gasteiger partial charge in [0.2, 0.25) is 0 Å². The number of hydrogen-bond donors (Lipinski definition) is 1. The zero-order chi connectivity index (χ0) is 20.3. The summed E-state index contributed by atoms with van der Waals surface area (Å²) in [5.41, 5.74) is 0.804. The van der Waals surface area contributed by atoms with Gasteiger partial charge in [-0.25, -0.2) is 4.79 Å². The van der Waals surface area contributed by atoms with Crippen LogP contribution in [0.3, 0.4) is 0 Å². The highest BCUT2D eigenvalue weighted by molar-refractivity contribution is 9.10. The van der Waals surface area contributed by atoms with Gasteiger partial charge in [-0.15, -0.1) is 11.3 Å². The molecule has 1 aliphatic rings. The molecule has 2 aromatic rings. The van der Waals surface area contributed by atoms with Crippen LogP contribution in [-0.4, -0.2) is 38.7 Å². The lowest BCUT2D eigenvalue weighted by Gasteiger charge is -2.12. The molecule has 28 heavy (non-hydrogen) atoms. The summed E-state index contributed by atoms with van der Waals surface area (Å²) in [6.07, 6.45) is 1.20. The summed E-state index contributed by atoms with van der Waals surface area (Å²) in [7, 11) is 2.57. The number of aryl methyl sites for hydroxylation is 1. The number of fused-ring (bicyclic) bond motifs is 1. The number of benzene rings is 1. The van der Waals surface area contributed by atoms with Crippen molar-refractivity contribution in [3.63, 3.8) is 0 Å². The van der Waals surface area contributed by atoms with Gasteiger partial charge >= 0.3 is 11.9 Å². The van der Waals surface area contributed by atoms with Crippen molar-refractivity contribution in [1.82, 2.24) is 0 Å². The number of ether oxygens (including phenoxy) is 3. The molecule has 1 atom stereocenters. The standard InChI is InChI=1S/C19H18BrNO6S/c1-25-18(23)12-6-7-13-15(12)16(19(24)26-2)17(28-13)21-14(22)9-27-11-5-3-4-10(20)8-11/h3-5,8,12H,6-7,9H2,1-2H3,(H,21,22)/t12-/m1/s1. The number of amides is 1. The number of anilines is 1. The fourth-order valence-electron chi connectivity index (χ4n) is 3.10. The molecule has 1 heterocycles. The van der Waals surface area contributed by atoms with Crippen LogP contribution in [-0.2, 0) is 25.5 Å². The predicted molar refractivity (Wildman–Crippen MR) is 107 cm³/mol. The maximum absolute atomic E-state index is 12.4. The minimum Gasteiger partial charge on any atom is -0.484 e. The van der Waals surface area contributed by atoms with Gasteiger partial charge in [0, 0.05) is 9.35 Å². The zero-order valence-electron chi connectivity index (χ0n) is 15.2. The summed E-state index contributed by atoms with van der Waals surface area (Å²) < 4.78 is 16.0. The van der Waals surface area contributed by atoms with Gasteiger partial charge in [0.25, 0.3) is 5.91 Å². The molecule has 1 aromatic heterocycles. The number of nitrogens with one attached hydrogen (secondary N) is 1. The quantitative estimate of drug-likeness (QED) is 0.653. The van der Waals surface area contributed by atoms with Gasteiger partial charge < -0.3 is 19.5 Å². The largest absolute Gasteiger partial charge is 0.484 e. The van der Waals surface area contributed by atoms with E-state index in [4.69, 9.17) is 14.2 Å². The molecule has 0 spiro atoms. The number of carbonyl (C=O) groups excluding carboxylic acids is 3. The molecule has 9 heteroatoms. The highest BCUT2D eigenvalue weighted by Gasteiger charge is 2.38. The van der Waals surface area contributed by atoms with Crippen LogP contribution >= 0.6 is 27.3 Å². The molecule has 1 aliphatic carbocycles. The normalized spacial score (nSPS) is 14.9. The molecule has 0 radical (unpaired) electrons. The van der Waals surface area contributed by atoms with E-state index in [2.05, 4.69) is 21.2 Å². The summed E-state index contributed by atoms with van der Waals surface area (Å²) in [6.45, 7) is -0.222. The summed E-state index contributed by atoms with van der Waals surface area (Å²) in [6, 6.07) is 7.12. The number of esters is 2. The van der Waals surface area contributed by atoms with E-state index in [0.717, 1.165) is 9.35 Å². The molecule has 1 aromatic carbocycles. The second-order valence-corrected chi connectivity index (χ2v) is 8.06. The lowest BCUT2D eigenvalue weighted by atomic mass is 9.99. The number of thiophene rings is 1. The summed E-state index contributed by atoms with van der Waals surface area (Å²) >= 11 is 4.61. The van der Waals surface area contributed by atoms with Crippen LogP contribution < -0.4 is 10.1 Å². The third kappa shape index (κ3) is 4.20. The van der Waals surface area contributed by atoms with Crippen molar-refractivity contribution >= 4 is 50.1 Å². The van der Waals surface area contributed by atoms with Gasteiger partial charge in [0.15, 0.2) is 6.61 Å². The van der Waals surface area contributed by atoms with E-state index in [-0.39, 0.29) is 12.2 Å². The van der Waals surface area contributed by atoms with Crippen LogP contribution in [0.2, 0.25) is 0 Å². The predicted octanol–water partition coefficient (Wildman–Crippen LogP) is 3.52. The minimum absolute atomic E-state index is 0.214. The Morgan fingerprint density at radius 1 is 1.25 bits per heavy atom. The molecule has 0 saturated carbocycles. The van der Waals surface area contributed by atoms with Gasteiger partial charge in [0.1, 0.15) is 10.8 Å². The number of halogens is 1. The molecule has 1 amide bonds. The smallest absolute Gasteiger partial charge is 0.341 e. The number of carbonyl (C=O) groups is 3. The molecule has 148 valence electrons. The van der Waals surface area contributed by atoms with Crippen molar-refractivity contribution in [2.75, 3.05) is 26.1 Å². The van der Waals surface area contributed by atoms with E-state index in [1.165, 1.54) is 25.6 Å². The van der Waals surface area contributed by atoms with Gasteiger partial charge in [-0.2, -0.15) is 0 Å². The SMILES string of the molecule is COC(=O)c1c(NC(=O)COc2cccc(Br)c2)sc2c1[C@H](C(=O)OC)CC2. The van der Waals surface area contributed by atoms with Gasteiger partial charge in [-0.3, -0.25) is 9.59 Å². The molecule has 3 rings (SSSR count). The van der Waals surface area contributed by atoms with E-state index >= 15 is 0 Å². The Balaban J connectivity index is 1.79. The van der Waals surface area contributed by atoms with Crippen LogP contribution in [0.5, 0.6) is 5.75 Å². The first kappa shape index (κ1) is 20.3. The van der Waals surface area contributed by atoms with E-state index < -0.39 is 23.8 Å². The average Bonchev–Trinajstić information content (AvgIpc) is 3.24.